The highest BCUT2D eigenvalue weighted by Gasteiger charge is 2.26. The lowest BCUT2D eigenvalue weighted by Gasteiger charge is -2.37. The molecule has 1 aliphatic carbocycles. The number of aromatic nitrogens is 4. The van der Waals surface area contributed by atoms with Gasteiger partial charge >= 0.3 is 0 Å². The molecule has 2 aromatic heterocycles. The van der Waals surface area contributed by atoms with E-state index in [4.69, 9.17) is 11.5 Å². The van der Waals surface area contributed by atoms with Gasteiger partial charge in [-0.3, -0.25) is 0 Å². The molecule has 0 spiro atoms. The molecule has 5 rings (SSSR count). The van der Waals surface area contributed by atoms with Crippen LogP contribution >= 0.6 is 0 Å². The van der Waals surface area contributed by atoms with Crippen molar-refractivity contribution in [3.05, 3.63) is 48.7 Å². The SMILES string of the molecule is Nc1ncc(N2CCN(c3cccc(-c4cnc(C5CC5)nc4)c3)CC2)c(N)n1. The summed E-state index contributed by atoms with van der Waals surface area (Å²) in [6.07, 6.45) is 8.03. The molecule has 1 aromatic carbocycles. The zero-order valence-electron chi connectivity index (χ0n) is 16.2. The first-order chi connectivity index (χ1) is 14.2. The molecule has 0 amide bonds. The quantitative estimate of drug-likeness (QED) is 0.700. The molecule has 8 nitrogen and oxygen atoms in total. The van der Waals surface area contributed by atoms with Gasteiger partial charge < -0.3 is 21.3 Å². The van der Waals surface area contributed by atoms with Gasteiger partial charge in [0.25, 0.3) is 0 Å². The number of benzene rings is 1. The van der Waals surface area contributed by atoms with E-state index in [1.165, 1.54) is 18.5 Å². The van der Waals surface area contributed by atoms with E-state index in [2.05, 4.69) is 54.0 Å². The lowest BCUT2D eigenvalue weighted by Crippen LogP contribution is -2.46. The molecule has 0 bridgehead atoms. The van der Waals surface area contributed by atoms with Crippen LogP contribution in [0.3, 0.4) is 0 Å². The van der Waals surface area contributed by atoms with Crippen LogP contribution in [0, 0.1) is 0 Å². The third-order valence-corrected chi connectivity index (χ3v) is 5.60. The van der Waals surface area contributed by atoms with Gasteiger partial charge in [0.15, 0.2) is 5.82 Å². The lowest BCUT2D eigenvalue weighted by molar-refractivity contribution is 0.652. The van der Waals surface area contributed by atoms with Gasteiger partial charge in [-0.25, -0.2) is 15.0 Å². The number of hydrogen-bond donors (Lipinski definition) is 2. The van der Waals surface area contributed by atoms with Crippen LogP contribution in [0.4, 0.5) is 23.1 Å². The summed E-state index contributed by atoms with van der Waals surface area (Å²) >= 11 is 0. The van der Waals surface area contributed by atoms with Gasteiger partial charge in [0.2, 0.25) is 5.95 Å². The van der Waals surface area contributed by atoms with Crippen LogP contribution in [-0.4, -0.2) is 46.1 Å². The Morgan fingerprint density at radius 2 is 1.55 bits per heavy atom. The van der Waals surface area contributed by atoms with Crippen molar-refractivity contribution in [2.45, 2.75) is 18.8 Å². The highest BCUT2D eigenvalue weighted by molar-refractivity contribution is 5.68. The third-order valence-electron chi connectivity index (χ3n) is 5.60. The molecular weight excluding hydrogens is 364 g/mol. The predicted molar refractivity (Wildman–Crippen MR) is 115 cm³/mol. The van der Waals surface area contributed by atoms with Crippen LogP contribution < -0.4 is 21.3 Å². The monoisotopic (exact) mass is 388 g/mol. The molecule has 0 atom stereocenters. The van der Waals surface area contributed by atoms with E-state index in [0.29, 0.717) is 11.7 Å². The van der Waals surface area contributed by atoms with Crippen LogP contribution in [0.5, 0.6) is 0 Å². The van der Waals surface area contributed by atoms with Crippen molar-refractivity contribution in [1.29, 1.82) is 0 Å². The molecule has 1 aliphatic heterocycles. The number of hydrogen-bond acceptors (Lipinski definition) is 8. The first-order valence-corrected chi connectivity index (χ1v) is 9.97. The highest BCUT2D eigenvalue weighted by Crippen LogP contribution is 2.38. The maximum Gasteiger partial charge on any atom is 0.222 e. The van der Waals surface area contributed by atoms with Gasteiger partial charge in [0, 0.05) is 55.7 Å². The number of anilines is 4. The van der Waals surface area contributed by atoms with Crippen molar-refractivity contribution in [2.24, 2.45) is 0 Å². The Bertz CT molecular complexity index is 1010. The maximum absolute atomic E-state index is 6.02. The number of nitrogens with zero attached hydrogens (tertiary/aromatic N) is 6. The van der Waals surface area contributed by atoms with Crippen LogP contribution in [0.1, 0.15) is 24.6 Å². The van der Waals surface area contributed by atoms with E-state index in [9.17, 15) is 0 Å². The molecule has 8 heteroatoms. The number of nitrogen functional groups attached to an aromatic ring is 2. The van der Waals surface area contributed by atoms with E-state index < -0.39 is 0 Å². The Kier molecular flexibility index (Phi) is 4.38. The van der Waals surface area contributed by atoms with E-state index in [0.717, 1.165) is 48.8 Å². The maximum atomic E-state index is 6.02. The molecule has 0 unspecified atom stereocenters. The lowest BCUT2D eigenvalue weighted by atomic mass is 10.1. The first-order valence-electron chi connectivity index (χ1n) is 9.97. The fourth-order valence-electron chi connectivity index (χ4n) is 3.77. The van der Waals surface area contributed by atoms with Crippen LogP contribution in [0.2, 0.25) is 0 Å². The van der Waals surface area contributed by atoms with Gasteiger partial charge in [-0.1, -0.05) is 12.1 Å². The Morgan fingerprint density at radius 1 is 0.828 bits per heavy atom. The molecule has 1 saturated heterocycles. The van der Waals surface area contributed by atoms with Gasteiger partial charge in [-0.2, -0.15) is 4.98 Å². The summed E-state index contributed by atoms with van der Waals surface area (Å²) in [7, 11) is 0. The Labute approximate surface area is 169 Å². The molecule has 4 N–H and O–H groups in total. The van der Waals surface area contributed by atoms with Gasteiger partial charge in [0.1, 0.15) is 5.82 Å². The summed E-state index contributed by atoms with van der Waals surface area (Å²) < 4.78 is 0. The standard InChI is InChI=1S/C21H24N8/c22-19-18(13-26-21(23)27-19)29-8-6-28(7-9-29)17-3-1-2-15(10-17)16-11-24-20(25-12-16)14-4-5-14/h1-3,10-14H,4-9H2,(H4,22,23,26,27). The summed E-state index contributed by atoms with van der Waals surface area (Å²) in [5.41, 5.74) is 15.9. The highest BCUT2D eigenvalue weighted by atomic mass is 15.3. The average Bonchev–Trinajstić information content (AvgIpc) is 3.60. The molecule has 3 heterocycles. The van der Waals surface area contributed by atoms with Crippen molar-refractivity contribution in [2.75, 3.05) is 47.4 Å². The minimum Gasteiger partial charge on any atom is -0.382 e. The summed E-state index contributed by atoms with van der Waals surface area (Å²) in [5, 5.41) is 0. The molecule has 2 aliphatic rings. The van der Waals surface area contributed by atoms with Gasteiger partial charge in [-0.05, 0) is 30.5 Å². The second-order valence-electron chi connectivity index (χ2n) is 7.63. The van der Waals surface area contributed by atoms with Crippen molar-refractivity contribution >= 4 is 23.1 Å². The summed E-state index contributed by atoms with van der Waals surface area (Å²) in [4.78, 5) is 21.8. The fourth-order valence-corrected chi connectivity index (χ4v) is 3.77. The van der Waals surface area contributed by atoms with Crippen LogP contribution in [0.15, 0.2) is 42.9 Å². The number of piperazine rings is 1. The number of rotatable bonds is 4. The molecule has 29 heavy (non-hydrogen) atoms. The summed E-state index contributed by atoms with van der Waals surface area (Å²) in [6.45, 7) is 3.48. The Hall–Kier alpha value is -3.42. The molecule has 3 aromatic rings. The van der Waals surface area contributed by atoms with Crippen LogP contribution in [0.25, 0.3) is 11.1 Å². The predicted octanol–water partition coefficient (Wildman–Crippen LogP) is 2.30. The second-order valence-corrected chi connectivity index (χ2v) is 7.63. The molecule has 2 fully saturated rings. The summed E-state index contributed by atoms with van der Waals surface area (Å²) in [5.74, 6) is 2.19. The van der Waals surface area contributed by atoms with E-state index in [-0.39, 0.29) is 5.95 Å². The third kappa shape index (κ3) is 3.65. The molecule has 148 valence electrons. The van der Waals surface area contributed by atoms with E-state index >= 15 is 0 Å². The van der Waals surface area contributed by atoms with Crippen molar-refractivity contribution in [3.8, 4) is 11.1 Å². The first kappa shape index (κ1) is 17.7. The minimum atomic E-state index is 0.204. The van der Waals surface area contributed by atoms with Crippen molar-refractivity contribution < 1.29 is 0 Å². The van der Waals surface area contributed by atoms with Crippen LogP contribution in [-0.2, 0) is 0 Å². The Morgan fingerprint density at radius 3 is 2.24 bits per heavy atom. The molecular formula is C21H24N8. The average molecular weight is 388 g/mol. The van der Waals surface area contributed by atoms with Crippen molar-refractivity contribution in [1.82, 2.24) is 19.9 Å². The topological polar surface area (TPSA) is 110 Å². The fraction of sp³-hybridized carbons (Fsp3) is 0.333. The smallest absolute Gasteiger partial charge is 0.222 e. The Balaban J connectivity index is 1.29. The van der Waals surface area contributed by atoms with Crippen molar-refractivity contribution in [3.63, 3.8) is 0 Å². The zero-order chi connectivity index (χ0) is 19.8. The number of nitrogens with two attached hydrogens (primary N) is 2. The second kappa shape index (κ2) is 7.20. The van der Waals surface area contributed by atoms with Gasteiger partial charge in [-0.15, -0.1) is 0 Å². The van der Waals surface area contributed by atoms with E-state index in [1.54, 1.807) is 6.20 Å². The largest absolute Gasteiger partial charge is 0.382 e. The van der Waals surface area contributed by atoms with Gasteiger partial charge in [0.05, 0.1) is 11.9 Å². The summed E-state index contributed by atoms with van der Waals surface area (Å²) in [6, 6.07) is 8.57. The molecule has 0 radical (unpaired) electrons. The van der Waals surface area contributed by atoms with E-state index in [1.807, 2.05) is 12.4 Å². The zero-order valence-corrected chi connectivity index (χ0v) is 16.2. The minimum absolute atomic E-state index is 0.204. The molecule has 1 saturated carbocycles. The normalized spacial score (nSPS) is 16.8.